The molecule has 2 saturated heterocycles. The van der Waals surface area contributed by atoms with Crippen molar-refractivity contribution in [3.63, 3.8) is 0 Å². The molecule has 2 aliphatic heterocycles. The van der Waals surface area contributed by atoms with Crippen molar-refractivity contribution in [2.75, 3.05) is 26.2 Å². The number of aromatic nitrogens is 4. The first-order valence-corrected chi connectivity index (χ1v) is 13.0. The molecule has 0 radical (unpaired) electrons. The van der Waals surface area contributed by atoms with Gasteiger partial charge in [0.2, 0.25) is 0 Å². The highest BCUT2D eigenvalue weighted by Crippen LogP contribution is 2.35. The topological polar surface area (TPSA) is 59.3 Å². The number of aryl methyl sites for hydroxylation is 1. The number of allylic oxidation sites excluding steroid dienone is 1. The van der Waals surface area contributed by atoms with E-state index >= 15 is 0 Å². The Bertz CT molecular complexity index is 1140. The summed E-state index contributed by atoms with van der Waals surface area (Å²) >= 11 is 0. The van der Waals surface area contributed by atoms with Gasteiger partial charge in [0.15, 0.2) is 0 Å². The molecule has 0 aliphatic carbocycles. The molecular formula is C28H38N6O. The summed E-state index contributed by atoms with van der Waals surface area (Å²) in [5, 5.41) is 7.89. The molecule has 7 nitrogen and oxygen atoms in total. The highest BCUT2D eigenvalue weighted by atomic mass is 16.5. The fourth-order valence-electron chi connectivity index (χ4n) is 5.60. The molecule has 186 valence electrons. The Balaban J connectivity index is 1.19. The first-order chi connectivity index (χ1) is 17.0. The van der Waals surface area contributed by atoms with Crippen LogP contribution in [0.5, 0.6) is 6.01 Å². The minimum atomic E-state index is 0.104. The normalized spacial score (nSPS) is 18.5. The third-order valence-corrected chi connectivity index (χ3v) is 7.50. The lowest BCUT2D eigenvalue weighted by Gasteiger charge is -2.40. The summed E-state index contributed by atoms with van der Waals surface area (Å²) in [4.78, 5) is 9.91. The van der Waals surface area contributed by atoms with E-state index in [1.54, 1.807) is 6.20 Å². The number of imidazole rings is 1. The summed E-state index contributed by atoms with van der Waals surface area (Å²) in [6.45, 7) is 16.1. The minimum Gasteiger partial charge on any atom is -0.462 e. The third-order valence-electron chi connectivity index (χ3n) is 7.50. The van der Waals surface area contributed by atoms with Crippen molar-refractivity contribution in [2.24, 2.45) is 5.92 Å². The summed E-state index contributed by atoms with van der Waals surface area (Å²) in [5.74, 6) is 0.579. The van der Waals surface area contributed by atoms with Crippen LogP contribution in [-0.2, 0) is 6.54 Å². The van der Waals surface area contributed by atoms with Crippen molar-refractivity contribution in [2.45, 2.75) is 65.1 Å². The highest BCUT2D eigenvalue weighted by Gasteiger charge is 2.29. The molecule has 2 aromatic heterocycles. The first-order valence-electron chi connectivity index (χ1n) is 13.0. The Labute approximate surface area is 208 Å². The van der Waals surface area contributed by atoms with E-state index in [1.165, 1.54) is 35.2 Å². The molecule has 7 heteroatoms. The van der Waals surface area contributed by atoms with Crippen LogP contribution in [0.15, 0.2) is 48.9 Å². The van der Waals surface area contributed by atoms with Gasteiger partial charge in [-0.05, 0) is 88.9 Å². The molecule has 35 heavy (non-hydrogen) atoms. The number of nitrogens with zero attached hydrogens (tertiary/aromatic N) is 6. The van der Waals surface area contributed by atoms with Crippen LogP contribution in [0.25, 0.3) is 11.0 Å². The van der Waals surface area contributed by atoms with Crippen LogP contribution < -0.4 is 4.74 Å². The van der Waals surface area contributed by atoms with Gasteiger partial charge in [-0.2, -0.15) is 15.2 Å². The maximum absolute atomic E-state index is 6.15. The van der Waals surface area contributed by atoms with Crippen molar-refractivity contribution in [3.8, 4) is 6.01 Å². The van der Waals surface area contributed by atoms with Crippen LogP contribution in [-0.4, -0.2) is 61.8 Å². The maximum Gasteiger partial charge on any atom is 0.297 e. The van der Waals surface area contributed by atoms with Crippen LogP contribution in [0, 0.1) is 12.8 Å². The summed E-state index contributed by atoms with van der Waals surface area (Å²) in [5.41, 5.74) is 6.01. The number of ether oxygens (including phenoxy) is 1. The predicted octanol–water partition coefficient (Wildman–Crippen LogP) is 4.98. The quantitative estimate of drug-likeness (QED) is 0.481. The average Bonchev–Trinajstić information content (AvgIpc) is 3.21. The van der Waals surface area contributed by atoms with Gasteiger partial charge in [-0.25, -0.2) is 0 Å². The third kappa shape index (κ3) is 5.35. The van der Waals surface area contributed by atoms with Crippen molar-refractivity contribution in [1.82, 2.24) is 29.5 Å². The van der Waals surface area contributed by atoms with Gasteiger partial charge in [0.25, 0.3) is 6.01 Å². The zero-order valence-corrected chi connectivity index (χ0v) is 21.4. The van der Waals surface area contributed by atoms with Gasteiger partial charge in [-0.3, -0.25) is 9.47 Å². The van der Waals surface area contributed by atoms with Gasteiger partial charge < -0.3 is 9.64 Å². The molecule has 5 rings (SSSR count). The Morgan fingerprint density at radius 3 is 2.51 bits per heavy atom. The molecule has 0 saturated carbocycles. The Hall–Kier alpha value is -2.93. The van der Waals surface area contributed by atoms with Crippen LogP contribution in [0.2, 0.25) is 0 Å². The molecular weight excluding hydrogens is 436 g/mol. The standard InChI is InChI=1S/C28H38N6O/c1-20(2)35-28-31-26-17-21(3)5-6-27(26)34(28)25-10-15-33(16-11-25)22(4)24-8-13-32(14-9-24)19-23-7-12-29-30-18-23/h5-7,12,17-18,20,24-25H,4,8-11,13-16,19H2,1-3H3. The number of hydrogen-bond donors (Lipinski definition) is 0. The molecule has 2 aliphatic rings. The van der Waals surface area contributed by atoms with E-state index in [2.05, 4.69) is 76.2 Å². The monoisotopic (exact) mass is 474 g/mol. The number of benzene rings is 1. The second-order valence-corrected chi connectivity index (χ2v) is 10.4. The zero-order chi connectivity index (χ0) is 24.4. The number of hydrogen-bond acceptors (Lipinski definition) is 6. The van der Waals surface area contributed by atoms with E-state index in [1.807, 2.05) is 6.20 Å². The fraction of sp³-hybridized carbons (Fsp3) is 0.536. The largest absolute Gasteiger partial charge is 0.462 e. The number of likely N-dealkylation sites (tertiary alicyclic amines) is 2. The van der Waals surface area contributed by atoms with Gasteiger partial charge in [-0.1, -0.05) is 12.6 Å². The second kappa shape index (κ2) is 10.4. The van der Waals surface area contributed by atoms with Crippen molar-refractivity contribution >= 4 is 11.0 Å². The summed E-state index contributed by atoms with van der Waals surface area (Å²) < 4.78 is 8.50. The molecule has 1 aromatic carbocycles. The van der Waals surface area contributed by atoms with Crippen LogP contribution in [0.3, 0.4) is 0 Å². The van der Waals surface area contributed by atoms with Gasteiger partial charge in [0, 0.05) is 43.5 Å². The molecule has 0 spiro atoms. The lowest BCUT2D eigenvalue weighted by molar-refractivity contribution is 0.149. The van der Waals surface area contributed by atoms with Crippen LogP contribution in [0.4, 0.5) is 0 Å². The fourth-order valence-corrected chi connectivity index (χ4v) is 5.60. The van der Waals surface area contributed by atoms with Gasteiger partial charge in [0.05, 0.1) is 23.3 Å². The maximum atomic E-state index is 6.15. The Morgan fingerprint density at radius 2 is 1.83 bits per heavy atom. The number of piperidine rings is 2. The highest BCUT2D eigenvalue weighted by molar-refractivity contribution is 5.77. The second-order valence-electron chi connectivity index (χ2n) is 10.4. The molecule has 2 fully saturated rings. The zero-order valence-electron chi connectivity index (χ0n) is 21.4. The predicted molar refractivity (Wildman–Crippen MR) is 139 cm³/mol. The van der Waals surface area contributed by atoms with E-state index in [4.69, 9.17) is 9.72 Å². The molecule has 3 aromatic rings. The minimum absolute atomic E-state index is 0.104. The Kier molecular flexibility index (Phi) is 7.04. The van der Waals surface area contributed by atoms with Crippen molar-refractivity contribution in [3.05, 3.63) is 60.1 Å². The van der Waals surface area contributed by atoms with E-state index < -0.39 is 0 Å². The lowest BCUT2D eigenvalue weighted by Crippen LogP contribution is -2.40. The van der Waals surface area contributed by atoms with E-state index in [0.29, 0.717) is 12.0 Å². The molecule has 0 N–H and O–H groups in total. The summed E-state index contributed by atoms with van der Waals surface area (Å²) in [6.07, 6.45) is 8.27. The summed E-state index contributed by atoms with van der Waals surface area (Å²) in [6, 6.07) is 9.75. The average molecular weight is 475 g/mol. The molecule has 4 heterocycles. The smallest absolute Gasteiger partial charge is 0.297 e. The van der Waals surface area contributed by atoms with Gasteiger partial charge in [0.1, 0.15) is 0 Å². The molecule has 0 amide bonds. The SMILES string of the molecule is C=C(C1CCN(Cc2ccnnc2)CC1)N1CCC(n2c(OC(C)C)nc3cc(C)ccc32)CC1. The lowest BCUT2D eigenvalue weighted by atomic mass is 9.91. The van der Waals surface area contributed by atoms with Gasteiger partial charge in [-0.15, -0.1) is 0 Å². The van der Waals surface area contributed by atoms with E-state index in [0.717, 1.165) is 57.1 Å². The van der Waals surface area contributed by atoms with Gasteiger partial charge >= 0.3 is 0 Å². The van der Waals surface area contributed by atoms with Crippen LogP contribution >= 0.6 is 0 Å². The van der Waals surface area contributed by atoms with Crippen LogP contribution in [0.1, 0.15) is 56.7 Å². The van der Waals surface area contributed by atoms with E-state index in [-0.39, 0.29) is 6.10 Å². The Morgan fingerprint density at radius 1 is 1.06 bits per heavy atom. The van der Waals surface area contributed by atoms with E-state index in [9.17, 15) is 0 Å². The first kappa shape index (κ1) is 23.8. The molecule has 0 unspecified atom stereocenters. The van der Waals surface area contributed by atoms with Crippen molar-refractivity contribution in [1.29, 1.82) is 0 Å². The van der Waals surface area contributed by atoms with Crippen molar-refractivity contribution < 1.29 is 4.74 Å². The summed E-state index contributed by atoms with van der Waals surface area (Å²) in [7, 11) is 0. The molecule has 0 bridgehead atoms. The molecule has 0 atom stereocenters. The number of fused-ring (bicyclic) bond motifs is 1. The number of rotatable bonds is 7.